The largest absolute Gasteiger partial charge is 0.495 e. The first-order chi connectivity index (χ1) is 16.0. The Morgan fingerprint density at radius 1 is 1.09 bits per heavy atom. The molecular formula is C25H27ClN4O3. The summed E-state index contributed by atoms with van der Waals surface area (Å²) >= 11 is 6.10. The van der Waals surface area contributed by atoms with Crippen molar-refractivity contribution >= 4 is 29.1 Å². The molecular weight excluding hydrogens is 440 g/mol. The molecule has 0 aliphatic carbocycles. The number of carbonyl (C=O) groups is 2. The number of ether oxygens (including phenoxy) is 1. The topological polar surface area (TPSA) is 75.6 Å². The fourth-order valence-corrected chi connectivity index (χ4v) is 4.48. The highest BCUT2D eigenvalue weighted by Gasteiger charge is 2.27. The summed E-state index contributed by atoms with van der Waals surface area (Å²) in [4.78, 5) is 27.4. The average molecular weight is 467 g/mol. The minimum atomic E-state index is -0.745. The van der Waals surface area contributed by atoms with Crippen LogP contribution in [0.25, 0.3) is 0 Å². The van der Waals surface area contributed by atoms with Gasteiger partial charge in [-0.2, -0.15) is 0 Å². The van der Waals surface area contributed by atoms with E-state index >= 15 is 0 Å². The molecule has 0 saturated heterocycles. The van der Waals surface area contributed by atoms with E-state index in [0.717, 1.165) is 25.2 Å². The maximum atomic E-state index is 12.6. The van der Waals surface area contributed by atoms with E-state index in [1.807, 2.05) is 19.3 Å². The molecule has 2 N–H and O–H groups in total. The van der Waals surface area contributed by atoms with Gasteiger partial charge in [0.25, 0.3) is 0 Å². The Morgan fingerprint density at radius 3 is 2.58 bits per heavy atom. The minimum absolute atomic E-state index is 0.0643. The molecule has 1 aliphatic heterocycles. The molecule has 33 heavy (non-hydrogen) atoms. The number of aryl methyl sites for hydroxylation is 1. The molecule has 1 aliphatic rings. The van der Waals surface area contributed by atoms with Gasteiger partial charge >= 0.3 is 11.8 Å². The van der Waals surface area contributed by atoms with Gasteiger partial charge in [0.05, 0.1) is 18.2 Å². The van der Waals surface area contributed by atoms with Crippen molar-refractivity contribution in [3.63, 3.8) is 0 Å². The number of halogens is 1. The number of carbonyl (C=O) groups excluding carboxylic acids is 2. The Hall–Kier alpha value is -3.29. The summed E-state index contributed by atoms with van der Waals surface area (Å²) in [5.41, 5.74) is 4.16. The highest BCUT2D eigenvalue weighted by Crippen LogP contribution is 2.28. The van der Waals surface area contributed by atoms with E-state index in [0.29, 0.717) is 23.0 Å². The smallest absolute Gasteiger partial charge is 0.313 e. The van der Waals surface area contributed by atoms with Gasteiger partial charge in [-0.1, -0.05) is 35.9 Å². The predicted octanol–water partition coefficient (Wildman–Crippen LogP) is 3.54. The SMILES string of the molecule is COc1ccc(NC(=O)C(=O)NCC(c2cccn2C)N2CCc3ccccc3C2)cc1Cl. The number of hydrogen-bond acceptors (Lipinski definition) is 4. The number of aromatic nitrogens is 1. The molecule has 7 nitrogen and oxygen atoms in total. The quantitative estimate of drug-likeness (QED) is 0.545. The molecule has 2 aromatic carbocycles. The van der Waals surface area contributed by atoms with E-state index in [9.17, 15) is 9.59 Å². The summed E-state index contributed by atoms with van der Waals surface area (Å²) in [5, 5.41) is 5.75. The van der Waals surface area contributed by atoms with Crippen LogP contribution in [-0.2, 0) is 29.6 Å². The molecule has 2 heterocycles. The number of benzene rings is 2. The van der Waals surface area contributed by atoms with Gasteiger partial charge in [-0.05, 0) is 47.9 Å². The highest BCUT2D eigenvalue weighted by atomic mass is 35.5. The van der Waals surface area contributed by atoms with Gasteiger partial charge < -0.3 is 19.9 Å². The van der Waals surface area contributed by atoms with Gasteiger partial charge in [-0.25, -0.2) is 0 Å². The fourth-order valence-electron chi connectivity index (χ4n) is 4.23. The minimum Gasteiger partial charge on any atom is -0.495 e. The number of methoxy groups -OCH3 is 1. The first-order valence-electron chi connectivity index (χ1n) is 10.8. The highest BCUT2D eigenvalue weighted by molar-refractivity contribution is 6.40. The molecule has 0 spiro atoms. The molecule has 0 saturated carbocycles. The molecule has 3 aromatic rings. The van der Waals surface area contributed by atoms with Gasteiger partial charge in [-0.3, -0.25) is 14.5 Å². The zero-order chi connectivity index (χ0) is 23.4. The fraction of sp³-hybridized carbons (Fsp3) is 0.280. The Balaban J connectivity index is 1.44. The van der Waals surface area contributed by atoms with Gasteiger partial charge in [0.1, 0.15) is 5.75 Å². The second kappa shape index (κ2) is 10.1. The summed E-state index contributed by atoms with van der Waals surface area (Å²) in [6.07, 6.45) is 2.94. The zero-order valence-corrected chi connectivity index (χ0v) is 19.4. The Bertz CT molecular complexity index is 1160. The van der Waals surface area contributed by atoms with Crippen molar-refractivity contribution in [2.24, 2.45) is 7.05 Å². The zero-order valence-electron chi connectivity index (χ0n) is 18.7. The maximum Gasteiger partial charge on any atom is 0.313 e. The average Bonchev–Trinajstić information content (AvgIpc) is 3.24. The number of anilines is 1. The Labute approximate surface area is 198 Å². The third kappa shape index (κ3) is 5.21. The van der Waals surface area contributed by atoms with Crippen molar-refractivity contribution in [1.82, 2.24) is 14.8 Å². The lowest BCUT2D eigenvalue weighted by Gasteiger charge is -2.36. The van der Waals surface area contributed by atoms with Crippen LogP contribution < -0.4 is 15.4 Å². The first-order valence-corrected chi connectivity index (χ1v) is 11.2. The number of amides is 2. The Morgan fingerprint density at radius 2 is 1.88 bits per heavy atom. The number of hydrogen-bond donors (Lipinski definition) is 2. The molecule has 1 unspecified atom stereocenters. The predicted molar refractivity (Wildman–Crippen MR) is 128 cm³/mol. The molecule has 1 aromatic heterocycles. The molecule has 1 atom stereocenters. The lowest BCUT2D eigenvalue weighted by atomic mass is 9.98. The monoisotopic (exact) mass is 466 g/mol. The van der Waals surface area contributed by atoms with Crippen molar-refractivity contribution in [2.45, 2.75) is 19.0 Å². The number of nitrogens with zero attached hydrogens (tertiary/aromatic N) is 2. The summed E-state index contributed by atoms with van der Waals surface area (Å²) in [7, 11) is 3.50. The summed E-state index contributed by atoms with van der Waals surface area (Å²) in [5.74, 6) is -0.947. The van der Waals surface area contributed by atoms with E-state index in [4.69, 9.17) is 16.3 Å². The van der Waals surface area contributed by atoms with Crippen molar-refractivity contribution < 1.29 is 14.3 Å². The molecule has 172 valence electrons. The molecule has 0 fully saturated rings. The van der Waals surface area contributed by atoms with Gasteiger partial charge in [0.2, 0.25) is 0 Å². The van der Waals surface area contributed by atoms with Crippen LogP contribution >= 0.6 is 11.6 Å². The maximum absolute atomic E-state index is 12.6. The van der Waals surface area contributed by atoms with Crippen molar-refractivity contribution in [3.05, 3.63) is 82.6 Å². The summed E-state index contributed by atoms with van der Waals surface area (Å²) < 4.78 is 7.16. The van der Waals surface area contributed by atoms with Crippen molar-refractivity contribution in [1.29, 1.82) is 0 Å². The number of fused-ring (bicyclic) bond motifs is 1. The van der Waals surface area contributed by atoms with E-state index in [2.05, 4.69) is 50.4 Å². The second-order valence-electron chi connectivity index (χ2n) is 8.06. The molecule has 2 amide bonds. The van der Waals surface area contributed by atoms with Crippen LogP contribution in [0.15, 0.2) is 60.8 Å². The van der Waals surface area contributed by atoms with Crippen LogP contribution in [0.1, 0.15) is 22.9 Å². The van der Waals surface area contributed by atoms with E-state index in [1.165, 1.54) is 18.2 Å². The standard InChI is InChI=1S/C25H27ClN4O3/c1-29-12-5-8-21(29)22(30-13-11-17-6-3-4-7-18(17)16-30)15-27-24(31)25(32)28-19-9-10-23(33-2)20(26)14-19/h3-10,12,14,22H,11,13,15-16H2,1-2H3,(H,27,31)(H,28,32). The Kier molecular flexibility index (Phi) is 7.01. The van der Waals surface area contributed by atoms with E-state index in [1.54, 1.807) is 18.2 Å². The third-order valence-electron chi connectivity index (χ3n) is 6.00. The summed E-state index contributed by atoms with van der Waals surface area (Å²) in [6, 6.07) is 17.2. The van der Waals surface area contributed by atoms with Gasteiger partial charge in [0, 0.05) is 44.3 Å². The van der Waals surface area contributed by atoms with Crippen LogP contribution in [-0.4, -0.2) is 41.5 Å². The van der Waals surface area contributed by atoms with Crippen LogP contribution in [0.3, 0.4) is 0 Å². The molecule has 4 rings (SSSR count). The van der Waals surface area contributed by atoms with Crippen LogP contribution in [0, 0.1) is 0 Å². The normalized spacial score (nSPS) is 14.3. The van der Waals surface area contributed by atoms with Crippen LogP contribution in [0.4, 0.5) is 5.69 Å². The summed E-state index contributed by atoms with van der Waals surface area (Å²) in [6.45, 7) is 1.98. The van der Waals surface area contributed by atoms with Crippen molar-refractivity contribution in [3.8, 4) is 5.75 Å². The molecule has 0 bridgehead atoms. The molecule has 0 radical (unpaired) electrons. The van der Waals surface area contributed by atoms with Crippen LogP contribution in [0.5, 0.6) is 5.75 Å². The number of nitrogens with one attached hydrogen (secondary N) is 2. The third-order valence-corrected chi connectivity index (χ3v) is 6.29. The van der Waals surface area contributed by atoms with Crippen molar-refractivity contribution in [2.75, 3.05) is 25.5 Å². The number of rotatable bonds is 6. The van der Waals surface area contributed by atoms with E-state index in [-0.39, 0.29) is 6.04 Å². The van der Waals surface area contributed by atoms with Crippen LogP contribution in [0.2, 0.25) is 5.02 Å². The lowest BCUT2D eigenvalue weighted by Crippen LogP contribution is -2.44. The molecule has 8 heteroatoms. The lowest BCUT2D eigenvalue weighted by molar-refractivity contribution is -0.136. The van der Waals surface area contributed by atoms with Gasteiger partial charge in [-0.15, -0.1) is 0 Å². The van der Waals surface area contributed by atoms with Gasteiger partial charge in [0.15, 0.2) is 0 Å². The van der Waals surface area contributed by atoms with E-state index < -0.39 is 11.8 Å². The first kappa shape index (κ1) is 22.9. The second-order valence-corrected chi connectivity index (χ2v) is 8.47.